The lowest BCUT2D eigenvalue weighted by Crippen LogP contribution is -2.50. The summed E-state index contributed by atoms with van der Waals surface area (Å²) in [6.07, 6.45) is 11.9. The minimum absolute atomic E-state index is 0.0204. The fourth-order valence-corrected chi connectivity index (χ4v) is 8.47. The van der Waals surface area contributed by atoms with E-state index in [1.54, 1.807) is 9.80 Å². The number of hydrogen-bond donors (Lipinski definition) is 2. The van der Waals surface area contributed by atoms with Crippen LogP contribution in [-0.4, -0.2) is 69.3 Å². The minimum atomic E-state index is -0.594. The highest BCUT2D eigenvalue weighted by Crippen LogP contribution is 2.40. The van der Waals surface area contributed by atoms with Crippen LogP contribution < -0.4 is 10.6 Å². The van der Waals surface area contributed by atoms with Crippen LogP contribution in [0.25, 0.3) is 0 Å². The maximum absolute atomic E-state index is 13.3. The smallest absolute Gasteiger partial charge is 0.275 e. The van der Waals surface area contributed by atoms with Crippen molar-refractivity contribution in [3.8, 4) is 0 Å². The van der Waals surface area contributed by atoms with Gasteiger partial charge in [0, 0.05) is 22.5 Å². The fraction of sp³-hybridized carbons (Fsp3) is 0.362. The molecule has 0 atom stereocenters. The number of para-hydroxylation sites is 1. The average molecular weight is 765 g/mol. The molecule has 0 aromatic heterocycles. The third kappa shape index (κ3) is 9.22. The van der Waals surface area contributed by atoms with Gasteiger partial charge >= 0.3 is 0 Å². The van der Waals surface area contributed by atoms with Crippen LogP contribution in [0.15, 0.2) is 125 Å². The summed E-state index contributed by atoms with van der Waals surface area (Å²) >= 11 is 0. The highest BCUT2D eigenvalue weighted by Gasteiger charge is 2.49. The highest BCUT2D eigenvalue weighted by molar-refractivity contribution is 6.47. The van der Waals surface area contributed by atoms with E-state index in [1.165, 1.54) is 0 Å². The first kappa shape index (κ1) is 39.3. The van der Waals surface area contributed by atoms with Gasteiger partial charge in [0.1, 0.15) is 35.8 Å². The van der Waals surface area contributed by atoms with Crippen molar-refractivity contribution in [1.82, 2.24) is 9.80 Å². The van der Waals surface area contributed by atoms with Crippen LogP contribution in [0.2, 0.25) is 0 Å². The number of carbonyl (C=O) groups is 4. The highest BCUT2D eigenvalue weighted by atomic mass is 16.2. The number of aliphatic imine (C=N–C) groups is 2. The SMILES string of the molecule is Cc1ccc(NC(=O)CN2C(=O)C(c3ccccc3)=NC23CCCCCC3)cc1.O=C(CN1C(=O)C(c2ccccc2)=NC12CCCCCC2)Nc1ccccc1. The summed E-state index contributed by atoms with van der Waals surface area (Å²) < 4.78 is 0. The maximum Gasteiger partial charge on any atom is 0.275 e. The average Bonchev–Trinajstić information content (AvgIpc) is 3.42. The van der Waals surface area contributed by atoms with Crippen molar-refractivity contribution in [3.05, 3.63) is 132 Å². The van der Waals surface area contributed by atoms with Crippen LogP contribution in [0.4, 0.5) is 11.4 Å². The molecule has 57 heavy (non-hydrogen) atoms. The summed E-state index contributed by atoms with van der Waals surface area (Å²) in [5.41, 5.74) is 4.03. The van der Waals surface area contributed by atoms with E-state index in [0.717, 1.165) is 105 Å². The van der Waals surface area contributed by atoms with Crippen molar-refractivity contribution in [3.63, 3.8) is 0 Å². The fourth-order valence-electron chi connectivity index (χ4n) is 8.47. The molecule has 10 nitrogen and oxygen atoms in total. The third-order valence-electron chi connectivity index (χ3n) is 11.4. The summed E-state index contributed by atoms with van der Waals surface area (Å²) in [5, 5.41) is 5.82. The summed E-state index contributed by atoms with van der Waals surface area (Å²) in [4.78, 5) is 65.5. The van der Waals surface area contributed by atoms with Crippen LogP contribution >= 0.6 is 0 Å². The van der Waals surface area contributed by atoms with Gasteiger partial charge in [0.25, 0.3) is 11.8 Å². The molecular formula is C47H52N6O4. The standard InChI is InChI=1S/C24H27N3O2.C23H25N3O2/c1-18-11-13-20(14-12-18)25-21(28)17-27-23(29)22(19-9-5-4-6-10-19)26-24(27)15-7-2-3-8-16-24;27-20(24-19-13-7-4-8-14-19)17-26-22(28)21(18-11-5-3-6-12-18)25-23(26)15-9-1-2-10-16-23/h4-6,9-14H,2-3,7-8,15-17H2,1H3,(H,25,28);3-8,11-14H,1-2,9-10,15-17H2,(H,24,27). The molecule has 2 saturated carbocycles. The van der Waals surface area contributed by atoms with Crippen molar-refractivity contribution in [2.45, 2.75) is 95.3 Å². The second kappa shape index (κ2) is 17.9. The molecule has 2 N–H and O–H groups in total. The molecule has 4 amide bonds. The van der Waals surface area contributed by atoms with Crippen LogP contribution in [0.3, 0.4) is 0 Å². The van der Waals surface area contributed by atoms with E-state index in [1.807, 2.05) is 122 Å². The number of nitrogens with one attached hydrogen (secondary N) is 2. The third-order valence-corrected chi connectivity index (χ3v) is 11.4. The van der Waals surface area contributed by atoms with Gasteiger partial charge in [0.15, 0.2) is 0 Å². The zero-order valence-electron chi connectivity index (χ0n) is 32.8. The largest absolute Gasteiger partial charge is 0.325 e. The molecule has 4 aliphatic rings. The van der Waals surface area contributed by atoms with Crippen molar-refractivity contribution < 1.29 is 19.2 Å². The maximum atomic E-state index is 13.3. The molecule has 8 rings (SSSR count). The first-order valence-electron chi connectivity index (χ1n) is 20.4. The summed E-state index contributed by atoms with van der Waals surface area (Å²) in [7, 11) is 0. The Kier molecular flexibility index (Phi) is 12.4. The summed E-state index contributed by atoms with van der Waals surface area (Å²) in [5.74, 6) is -0.656. The Morgan fingerprint density at radius 2 is 0.860 bits per heavy atom. The van der Waals surface area contributed by atoms with Crippen LogP contribution in [0.1, 0.15) is 93.7 Å². The Balaban J connectivity index is 0.000000174. The quantitative estimate of drug-likeness (QED) is 0.187. The van der Waals surface area contributed by atoms with Gasteiger partial charge in [-0.15, -0.1) is 0 Å². The minimum Gasteiger partial charge on any atom is -0.325 e. The summed E-state index contributed by atoms with van der Waals surface area (Å²) in [6, 6.07) is 36.2. The van der Waals surface area contributed by atoms with Crippen molar-refractivity contribution in [1.29, 1.82) is 0 Å². The van der Waals surface area contributed by atoms with Gasteiger partial charge in [-0.25, -0.2) is 0 Å². The van der Waals surface area contributed by atoms with Gasteiger partial charge in [-0.05, 0) is 82.6 Å². The van der Waals surface area contributed by atoms with E-state index in [0.29, 0.717) is 11.4 Å². The molecule has 4 aromatic rings. The molecule has 2 aliphatic heterocycles. The van der Waals surface area contributed by atoms with Gasteiger partial charge in [-0.3, -0.25) is 29.2 Å². The second-order valence-corrected chi connectivity index (χ2v) is 15.6. The van der Waals surface area contributed by atoms with E-state index < -0.39 is 11.3 Å². The molecule has 294 valence electrons. The zero-order chi connectivity index (χ0) is 39.7. The zero-order valence-corrected chi connectivity index (χ0v) is 32.8. The monoisotopic (exact) mass is 764 g/mol. The molecule has 0 unspecified atom stereocenters. The number of nitrogens with zero attached hydrogens (tertiary/aromatic N) is 4. The lowest BCUT2D eigenvalue weighted by molar-refractivity contribution is -0.133. The molecular weight excluding hydrogens is 713 g/mol. The predicted molar refractivity (Wildman–Crippen MR) is 225 cm³/mol. The van der Waals surface area contributed by atoms with E-state index in [9.17, 15) is 19.2 Å². The van der Waals surface area contributed by atoms with Gasteiger partial charge < -0.3 is 20.4 Å². The molecule has 0 saturated heterocycles. The molecule has 2 spiro atoms. The Morgan fingerprint density at radius 1 is 0.509 bits per heavy atom. The van der Waals surface area contributed by atoms with Crippen molar-refractivity contribution >= 4 is 46.4 Å². The number of anilines is 2. The molecule has 0 radical (unpaired) electrons. The van der Waals surface area contributed by atoms with Gasteiger partial charge in [0.05, 0.1) is 0 Å². The first-order valence-corrected chi connectivity index (χ1v) is 20.4. The van der Waals surface area contributed by atoms with Gasteiger partial charge in [-0.2, -0.15) is 0 Å². The predicted octanol–water partition coefficient (Wildman–Crippen LogP) is 8.32. The van der Waals surface area contributed by atoms with Gasteiger partial charge in [0.2, 0.25) is 11.8 Å². The summed E-state index contributed by atoms with van der Waals surface area (Å²) in [6.45, 7) is 2.05. The first-order chi connectivity index (χ1) is 27.8. The van der Waals surface area contributed by atoms with E-state index >= 15 is 0 Å². The van der Waals surface area contributed by atoms with E-state index in [4.69, 9.17) is 9.98 Å². The molecule has 2 aliphatic carbocycles. The number of hydrogen-bond acceptors (Lipinski definition) is 6. The second-order valence-electron chi connectivity index (χ2n) is 15.6. The molecule has 2 fully saturated rings. The number of benzene rings is 4. The van der Waals surface area contributed by atoms with E-state index in [-0.39, 0.29) is 36.7 Å². The van der Waals surface area contributed by atoms with Crippen LogP contribution in [0.5, 0.6) is 0 Å². The normalized spacial score (nSPS) is 18.5. The molecule has 0 bridgehead atoms. The Hall–Kier alpha value is -5.90. The number of carbonyl (C=O) groups excluding carboxylic acids is 4. The van der Waals surface area contributed by atoms with Crippen LogP contribution in [0, 0.1) is 6.92 Å². The van der Waals surface area contributed by atoms with Crippen molar-refractivity contribution in [2.24, 2.45) is 9.98 Å². The Morgan fingerprint density at radius 3 is 1.25 bits per heavy atom. The lowest BCUT2D eigenvalue weighted by atomic mass is 10.00. The topological polar surface area (TPSA) is 124 Å². The molecule has 2 heterocycles. The number of aryl methyl sites for hydroxylation is 1. The Bertz CT molecular complexity index is 2080. The van der Waals surface area contributed by atoms with Crippen LogP contribution in [-0.2, 0) is 19.2 Å². The molecule has 4 aromatic carbocycles. The number of amides is 4. The lowest BCUT2D eigenvalue weighted by Gasteiger charge is -2.35. The Labute approximate surface area is 335 Å². The molecule has 10 heteroatoms. The number of rotatable bonds is 8. The van der Waals surface area contributed by atoms with E-state index in [2.05, 4.69) is 10.6 Å². The van der Waals surface area contributed by atoms with Crippen molar-refractivity contribution in [2.75, 3.05) is 23.7 Å². The van der Waals surface area contributed by atoms with Gasteiger partial charge in [-0.1, -0.05) is 122 Å².